The number of para-hydroxylation sites is 1. The third kappa shape index (κ3) is 3.84. The van der Waals surface area contributed by atoms with Crippen molar-refractivity contribution in [3.05, 3.63) is 66.5 Å². The number of carbonyl (C=O) groups excluding carboxylic acids is 1. The summed E-state index contributed by atoms with van der Waals surface area (Å²) in [7, 11) is 1.32. The van der Waals surface area contributed by atoms with Crippen LogP contribution in [0.1, 0.15) is 10.4 Å². The Bertz CT molecular complexity index is 867. The molecule has 0 aliphatic carbocycles. The molecule has 2 aromatic carbocycles. The van der Waals surface area contributed by atoms with Gasteiger partial charge in [0.2, 0.25) is 11.8 Å². The average molecular weight is 337 g/mol. The zero-order valence-electron chi connectivity index (χ0n) is 13.4. The van der Waals surface area contributed by atoms with Gasteiger partial charge in [0.1, 0.15) is 17.8 Å². The maximum atomic E-state index is 11.4. The van der Waals surface area contributed by atoms with Crippen molar-refractivity contribution >= 4 is 11.7 Å². The number of benzene rings is 2. The van der Waals surface area contributed by atoms with Crippen molar-refractivity contribution < 1.29 is 19.0 Å². The molecule has 7 nitrogen and oxygen atoms in total. The van der Waals surface area contributed by atoms with Gasteiger partial charge in [-0.3, -0.25) is 0 Å². The van der Waals surface area contributed by atoms with Gasteiger partial charge in [-0.25, -0.2) is 4.79 Å². The Balaban J connectivity index is 1.79. The van der Waals surface area contributed by atoms with Crippen molar-refractivity contribution in [2.24, 2.45) is 0 Å². The van der Waals surface area contributed by atoms with Gasteiger partial charge in [0, 0.05) is 0 Å². The van der Waals surface area contributed by atoms with Crippen LogP contribution in [0.2, 0.25) is 0 Å². The molecule has 1 heterocycles. The van der Waals surface area contributed by atoms with E-state index < -0.39 is 5.97 Å². The summed E-state index contributed by atoms with van der Waals surface area (Å²) in [5.74, 6) is 0.991. The van der Waals surface area contributed by atoms with E-state index in [0.717, 1.165) is 0 Å². The van der Waals surface area contributed by atoms with Crippen LogP contribution in [0, 0.1) is 0 Å². The molecule has 1 aromatic heterocycles. The zero-order valence-corrected chi connectivity index (χ0v) is 13.4. The van der Waals surface area contributed by atoms with Gasteiger partial charge in [0.05, 0.1) is 12.7 Å². The molecule has 3 rings (SSSR count). The van der Waals surface area contributed by atoms with Gasteiger partial charge in [-0.2, -0.15) is 9.97 Å². The number of nitrogen functional groups attached to an aromatic ring is 1. The second-order valence-electron chi connectivity index (χ2n) is 4.93. The maximum absolute atomic E-state index is 11.4. The number of aromatic nitrogens is 2. The molecular formula is C18H15N3O4. The summed E-state index contributed by atoms with van der Waals surface area (Å²) >= 11 is 0. The third-order valence-corrected chi connectivity index (χ3v) is 3.26. The van der Waals surface area contributed by atoms with Crippen molar-refractivity contribution in [2.45, 2.75) is 0 Å². The summed E-state index contributed by atoms with van der Waals surface area (Å²) in [6.07, 6.45) is 1.30. The number of nitrogens with zero attached hydrogens (tertiary/aromatic N) is 2. The highest BCUT2D eigenvalue weighted by Crippen LogP contribution is 2.33. The largest absolute Gasteiger partial charge is 0.465 e. The van der Waals surface area contributed by atoms with Gasteiger partial charge >= 0.3 is 5.97 Å². The lowest BCUT2D eigenvalue weighted by molar-refractivity contribution is 0.0600. The van der Waals surface area contributed by atoms with Gasteiger partial charge in [0.15, 0.2) is 5.69 Å². The molecule has 0 radical (unpaired) electrons. The van der Waals surface area contributed by atoms with Crippen LogP contribution in [0.25, 0.3) is 0 Å². The van der Waals surface area contributed by atoms with Gasteiger partial charge in [-0.05, 0) is 36.4 Å². The standard InChI is InChI=1S/C18H15N3O4/c1-23-18(22)12-7-9-14(10-8-12)25-17-15(19)16(20-11-21-17)24-13-5-3-2-4-6-13/h2-11H,19H2,1H3. The maximum Gasteiger partial charge on any atom is 0.337 e. The van der Waals surface area contributed by atoms with Gasteiger partial charge in [-0.1, -0.05) is 18.2 Å². The fraction of sp³-hybridized carbons (Fsp3) is 0.0556. The quantitative estimate of drug-likeness (QED) is 0.712. The van der Waals surface area contributed by atoms with Crippen LogP contribution in [0.4, 0.5) is 5.69 Å². The third-order valence-electron chi connectivity index (χ3n) is 3.26. The number of esters is 1. The molecule has 2 N–H and O–H groups in total. The van der Waals surface area contributed by atoms with Crippen molar-refractivity contribution in [3.8, 4) is 23.3 Å². The predicted octanol–water partition coefficient (Wildman–Crippen LogP) is 3.43. The molecule has 0 fully saturated rings. The van der Waals surface area contributed by atoms with Crippen LogP contribution >= 0.6 is 0 Å². The highest BCUT2D eigenvalue weighted by Gasteiger charge is 2.13. The Morgan fingerprint density at radius 2 is 1.44 bits per heavy atom. The SMILES string of the molecule is COC(=O)c1ccc(Oc2ncnc(Oc3ccccc3)c2N)cc1. The normalized spacial score (nSPS) is 10.1. The van der Waals surface area contributed by atoms with Crippen molar-refractivity contribution in [1.82, 2.24) is 9.97 Å². The van der Waals surface area contributed by atoms with Gasteiger partial charge in [-0.15, -0.1) is 0 Å². The molecule has 25 heavy (non-hydrogen) atoms. The monoisotopic (exact) mass is 337 g/mol. The summed E-state index contributed by atoms with van der Waals surface area (Å²) in [5, 5.41) is 0. The lowest BCUT2D eigenvalue weighted by atomic mass is 10.2. The predicted molar refractivity (Wildman–Crippen MR) is 90.8 cm³/mol. The number of ether oxygens (including phenoxy) is 3. The van der Waals surface area contributed by atoms with E-state index in [2.05, 4.69) is 14.7 Å². The molecule has 0 saturated carbocycles. The molecule has 0 unspecified atom stereocenters. The van der Waals surface area contributed by atoms with Gasteiger partial charge < -0.3 is 19.9 Å². The van der Waals surface area contributed by atoms with E-state index in [1.165, 1.54) is 13.4 Å². The minimum Gasteiger partial charge on any atom is -0.465 e. The summed E-state index contributed by atoms with van der Waals surface area (Å²) in [5.41, 5.74) is 6.61. The summed E-state index contributed by atoms with van der Waals surface area (Å²) in [6.45, 7) is 0. The summed E-state index contributed by atoms with van der Waals surface area (Å²) in [4.78, 5) is 19.5. The number of methoxy groups -OCH3 is 1. The second kappa shape index (κ2) is 7.31. The van der Waals surface area contributed by atoms with Crippen molar-refractivity contribution in [1.29, 1.82) is 0 Å². The Morgan fingerprint density at radius 1 is 0.880 bits per heavy atom. The number of hydrogen-bond acceptors (Lipinski definition) is 7. The first-order valence-corrected chi connectivity index (χ1v) is 7.37. The van der Waals surface area contributed by atoms with Crippen LogP contribution < -0.4 is 15.2 Å². The van der Waals surface area contributed by atoms with E-state index >= 15 is 0 Å². The van der Waals surface area contributed by atoms with E-state index in [-0.39, 0.29) is 17.4 Å². The molecule has 7 heteroatoms. The molecular weight excluding hydrogens is 322 g/mol. The van der Waals surface area contributed by atoms with Crippen LogP contribution in [0.15, 0.2) is 60.9 Å². The summed E-state index contributed by atoms with van der Waals surface area (Å²) < 4.78 is 15.9. The molecule has 0 amide bonds. The minimum atomic E-state index is -0.424. The van der Waals surface area contributed by atoms with E-state index in [9.17, 15) is 4.79 Å². The molecule has 0 atom stereocenters. The van der Waals surface area contributed by atoms with Crippen LogP contribution in [-0.4, -0.2) is 23.0 Å². The number of hydrogen-bond donors (Lipinski definition) is 1. The van der Waals surface area contributed by atoms with E-state index in [1.54, 1.807) is 36.4 Å². The summed E-state index contributed by atoms with van der Waals surface area (Å²) in [6, 6.07) is 15.5. The van der Waals surface area contributed by atoms with E-state index in [1.807, 2.05) is 18.2 Å². The Hall–Kier alpha value is -3.61. The molecule has 0 bridgehead atoms. The Kier molecular flexibility index (Phi) is 4.75. The molecule has 3 aromatic rings. The highest BCUT2D eigenvalue weighted by molar-refractivity contribution is 5.89. The molecule has 126 valence electrons. The lowest BCUT2D eigenvalue weighted by Crippen LogP contribution is -2.02. The first-order chi connectivity index (χ1) is 12.2. The van der Waals surface area contributed by atoms with Crippen molar-refractivity contribution in [2.75, 3.05) is 12.8 Å². The zero-order chi connectivity index (χ0) is 17.6. The second-order valence-corrected chi connectivity index (χ2v) is 4.93. The lowest BCUT2D eigenvalue weighted by Gasteiger charge is -2.11. The van der Waals surface area contributed by atoms with E-state index in [0.29, 0.717) is 17.1 Å². The fourth-order valence-corrected chi connectivity index (χ4v) is 2.02. The first kappa shape index (κ1) is 16.3. The Morgan fingerprint density at radius 3 is 2.00 bits per heavy atom. The Labute approximate surface area is 144 Å². The van der Waals surface area contributed by atoms with Crippen LogP contribution in [-0.2, 0) is 4.74 Å². The molecule has 0 aliphatic rings. The number of anilines is 1. The minimum absolute atomic E-state index is 0.159. The van der Waals surface area contributed by atoms with Crippen LogP contribution in [0.3, 0.4) is 0 Å². The average Bonchev–Trinajstić information content (AvgIpc) is 2.66. The number of rotatable bonds is 5. The molecule has 0 saturated heterocycles. The highest BCUT2D eigenvalue weighted by atomic mass is 16.5. The molecule has 0 aliphatic heterocycles. The van der Waals surface area contributed by atoms with E-state index in [4.69, 9.17) is 15.2 Å². The number of nitrogens with two attached hydrogens (primary N) is 1. The molecule has 0 spiro atoms. The smallest absolute Gasteiger partial charge is 0.337 e. The topological polar surface area (TPSA) is 96.6 Å². The van der Waals surface area contributed by atoms with Gasteiger partial charge in [0.25, 0.3) is 0 Å². The fourth-order valence-electron chi connectivity index (χ4n) is 2.02. The first-order valence-electron chi connectivity index (χ1n) is 7.37. The number of carbonyl (C=O) groups is 1. The van der Waals surface area contributed by atoms with Crippen molar-refractivity contribution in [3.63, 3.8) is 0 Å². The van der Waals surface area contributed by atoms with Crippen LogP contribution in [0.5, 0.6) is 23.3 Å².